The van der Waals surface area contributed by atoms with Crippen molar-refractivity contribution in [3.63, 3.8) is 0 Å². The first-order chi connectivity index (χ1) is 9.65. The van der Waals surface area contributed by atoms with E-state index in [0.29, 0.717) is 16.7 Å². The fourth-order valence-corrected chi connectivity index (χ4v) is 2.06. The third-order valence-electron chi connectivity index (χ3n) is 2.81. The zero-order chi connectivity index (χ0) is 14.5. The molecule has 0 fully saturated rings. The zero-order valence-electron chi connectivity index (χ0n) is 10.7. The number of aromatic nitrogens is 2. The van der Waals surface area contributed by atoms with E-state index in [0.717, 1.165) is 11.8 Å². The van der Waals surface area contributed by atoms with Crippen LogP contribution in [-0.2, 0) is 6.54 Å². The molecule has 1 aromatic heterocycles. The van der Waals surface area contributed by atoms with Crippen LogP contribution in [0.15, 0.2) is 52.2 Å². The van der Waals surface area contributed by atoms with E-state index in [1.54, 1.807) is 30.3 Å². The average Bonchev–Trinajstić information content (AvgIpc) is 2.47. The maximum absolute atomic E-state index is 12.3. The van der Waals surface area contributed by atoms with Crippen LogP contribution in [0, 0.1) is 0 Å². The molecule has 5 nitrogen and oxygen atoms in total. The van der Waals surface area contributed by atoms with Gasteiger partial charge < -0.3 is 4.57 Å². The van der Waals surface area contributed by atoms with Crippen molar-refractivity contribution in [3.8, 4) is 0 Å². The molecule has 0 atom stereocenters. The fraction of sp³-hybridized carbons (Fsp3) is 0.214. The lowest BCUT2D eigenvalue weighted by Crippen LogP contribution is -2.43. The van der Waals surface area contributed by atoms with Crippen molar-refractivity contribution in [2.45, 2.75) is 13.0 Å². The Balaban J connectivity index is 2.49. The van der Waals surface area contributed by atoms with E-state index in [2.05, 4.69) is 15.9 Å². The third-order valence-corrected chi connectivity index (χ3v) is 3.37. The molecule has 0 saturated carbocycles. The number of nitrogens with zero attached hydrogens (tertiary/aromatic N) is 2. The molecule has 0 N–H and O–H groups in total. The van der Waals surface area contributed by atoms with Gasteiger partial charge in [-0.3, -0.25) is 9.59 Å². The molecule has 0 aliphatic rings. The molecular formula is C14H13BrN2O3. The summed E-state index contributed by atoms with van der Waals surface area (Å²) in [5.41, 5.74) is -0.906. The van der Waals surface area contributed by atoms with Crippen LogP contribution in [0.1, 0.15) is 16.8 Å². The van der Waals surface area contributed by atoms with Crippen LogP contribution in [0.25, 0.3) is 0 Å². The molecule has 0 bridgehead atoms. The van der Waals surface area contributed by atoms with Crippen molar-refractivity contribution in [3.05, 3.63) is 69.0 Å². The number of hydrogen-bond acceptors (Lipinski definition) is 3. The number of carbonyl (C=O) groups is 1. The van der Waals surface area contributed by atoms with Crippen LogP contribution in [0.2, 0.25) is 0 Å². The number of hydrogen-bond donors (Lipinski definition) is 0. The summed E-state index contributed by atoms with van der Waals surface area (Å²) in [5.74, 6) is -0.603. The average molecular weight is 337 g/mol. The monoisotopic (exact) mass is 336 g/mol. The maximum Gasteiger partial charge on any atom is 0.338 e. The molecule has 1 aromatic carbocycles. The Morgan fingerprint density at radius 2 is 1.80 bits per heavy atom. The summed E-state index contributed by atoms with van der Waals surface area (Å²) in [5, 5.41) is 0.741. The van der Waals surface area contributed by atoms with Crippen molar-refractivity contribution >= 4 is 21.8 Å². The van der Waals surface area contributed by atoms with Crippen LogP contribution >= 0.6 is 15.9 Å². The van der Waals surface area contributed by atoms with Crippen molar-refractivity contribution in [1.29, 1.82) is 0 Å². The summed E-state index contributed by atoms with van der Waals surface area (Å²) < 4.78 is 2.03. The van der Waals surface area contributed by atoms with E-state index >= 15 is 0 Å². The molecule has 0 spiro atoms. The Morgan fingerprint density at radius 3 is 2.45 bits per heavy atom. The number of alkyl halides is 1. The second-order valence-corrected chi connectivity index (χ2v) is 4.97. The minimum atomic E-state index is -0.612. The smallest absolute Gasteiger partial charge is 0.300 e. The number of rotatable bonds is 4. The highest BCUT2D eigenvalue weighted by Crippen LogP contribution is 1.99. The molecule has 1 heterocycles. The molecule has 0 amide bonds. The predicted molar refractivity (Wildman–Crippen MR) is 79.5 cm³/mol. The van der Waals surface area contributed by atoms with Crippen LogP contribution in [0.3, 0.4) is 0 Å². The Kier molecular flexibility index (Phi) is 4.68. The quantitative estimate of drug-likeness (QED) is 0.794. The van der Waals surface area contributed by atoms with Crippen molar-refractivity contribution in [2.24, 2.45) is 0 Å². The SMILES string of the molecule is O=C(c1ccccc1)n1c(=O)ccn(CCCBr)c1=O. The molecule has 104 valence electrons. The van der Waals surface area contributed by atoms with Gasteiger partial charge in [-0.1, -0.05) is 34.1 Å². The molecule has 0 radical (unpaired) electrons. The summed E-state index contributed by atoms with van der Waals surface area (Å²) in [6, 6.07) is 9.51. The van der Waals surface area contributed by atoms with Crippen LogP contribution in [0.5, 0.6) is 0 Å². The summed E-state index contributed by atoms with van der Waals surface area (Å²) in [6.45, 7) is 0.451. The Bertz CT molecular complexity index is 719. The highest BCUT2D eigenvalue weighted by Gasteiger charge is 2.14. The van der Waals surface area contributed by atoms with Gasteiger partial charge in [-0.2, -0.15) is 4.57 Å². The van der Waals surface area contributed by atoms with Crippen LogP contribution in [-0.4, -0.2) is 20.4 Å². The summed E-state index contributed by atoms with van der Waals surface area (Å²) in [7, 11) is 0. The van der Waals surface area contributed by atoms with Gasteiger partial charge in [0.15, 0.2) is 0 Å². The molecule has 6 heteroatoms. The first kappa shape index (κ1) is 14.5. The third kappa shape index (κ3) is 2.96. The second-order valence-electron chi connectivity index (χ2n) is 4.18. The van der Waals surface area contributed by atoms with E-state index in [4.69, 9.17) is 0 Å². The van der Waals surface area contributed by atoms with E-state index in [-0.39, 0.29) is 0 Å². The van der Waals surface area contributed by atoms with Gasteiger partial charge in [-0.25, -0.2) is 4.79 Å². The molecular weight excluding hydrogens is 324 g/mol. The molecule has 0 aliphatic carbocycles. The van der Waals surface area contributed by atoms with Gasteiger partial charge in [-0.15, -0.1) is 0 Å². The lowest BCUT2D eigenvalue weighted by atomic mass is 10.2. The van der Waals surface area contributed by atoms with E-state index in [1.165, 1.54) is 16.8 Å². The first-order valence-electron chi connectivity index (χ1n) is 6.13. The van der Waals surface area contributed by atoms with Gasteiger partial charge in [-0.05, 0) is 18.6 Å². The summed E-state index contributed by atoms with van der Waals surface area (Å²) >= 11 is 3.28. The van der Waals surface area contributed by atoms with Gasteiger partial charge in [0.2, 0.25) is 0 Å². The Morgan fingerprint density at radius 1 is 1.10 bits per heavy atom. The lowest BCUT2D eigenvalue weighted by molar-refractivity contribution is 0.0948. The minimum absolute atomic E-state index is 0.310. The number of halogens is 1. The van der Waals surface area contributed by atoms with Crippen LogP contribution in [0.4, 0.5) is 0 Å². The van der Waals surface area contributed by atoms with Gasteiger partial charge in [0.25, 0.3) is 11.5 Å². The van der Waals surface area contributed by atoms with E-state index in [1.807, 2.05) is 0 Å². The number of aryl methyl sites for hydroxylation is 1. The summed E-state index contributed by atoms with van der Waals surface area (Å²) in [6.07, 6.45) is 2.15. The largest absolute Gasteiger partial charge is 0.338 e. The predicted octanol–water partition coefficient (Wildman–Crippen LogP) is 1.48. The maximum atomic E-state index is 12.3. The lowest BCUT2D eigenvalue weighted by Gasteiger charge is -2.08. The standard InChI is InChI=1S/C14H13BrN2O3/c15-8-4-9-16-10-7-12(18)17(14(16)20)13(19)11-5-2-1-3-6-11/h1-3,5-7,10H,4,8-9H2. The highest BCUT2D eigenvalue weighted by atomic mass is 79.9. The molecule has 20 heavy (non-hydrogen) atoms. The molecule has 0 saturated heterocycles. The van der Waals surface area contributed by atoms with Crippen LogP contribution < -0.4 is 11.2 Å². The number of carbonyl (C=O) groups excluding carboxylic acids is 1. The molecule has 0 unspecified atom stereocenters. The number of benzene rings is 1. The highest BCUT2D eigenvalue weighted by molar-refractivity contribution is 9.09. The Labute approximate surface area is 123 Å². The second kappa shape index (κ2) is 6.47. The zero-order valence-corrected chi connectivity index (χ0v) is 12.2. The summed E-state index contributed by atoms with van der Waals surface area (Å²) in [4.78, 5) is 36.3. The van der Waals surface area contributed by atoms with Crippen molar-refractivity contribution in [1.82, 2.24) is 9.13 Å². The molecule has 0 aliphatic heterocycles. The van der Waals surface area contributed by atoms with Gasteiger partial charge in [0.1, 0.15) is 0 Å². The van der Waals surface area contributed by atoms with Gasteiger partial charge in [0, 0.05) is 29.7 Å². The topological polar surface area (TPSA) is 61.1 Å². The van der Waals surface area contributed by atoms with Crippen molar-refractivity contribution < 1.29 is 4.79 Å². The Hall–Kier alpha value is -1.95. The first-order valence-corrected chi connectivity index (χ1v) is 7.25. The normalized spacial score (nSPS) is 10.4. The minimum Gasteiger partial charge on any atom is -0.300 e. The molecule has 2 aromatic rings. The molecule has 2 rings (SSSR count). The fourth-order valence-electron chi connectivity index (χ4n) is 1.81. The van der Waals surface area contributed by atoms with Gasteiger partial charge in [0.05, 0.1) is 0 Å². The van der Waals surface area contributed by atoms with Gasteiger partial charge >= 0.3 is 5.69 Å². The van der Waals surface area contributed by atoms with Crippen molar-refractivity contribution in [2.75, 3.05) is 5.33 Å². The van der Waals surface area contributed by atoms with E-state index < -0.39 is 17.2 Å². The van der Waals surface area contributed by atoms with E-state index in [9.17, 15) is 14.4 Å².